The first-order valence-corrected chi connectivity index (χ1v) is 55.8. The molecule has 0 saturated carbocycles. The van der Waals surface area contributed by atoms with Gasteiger partial charge in [0.1, 0.15) is 40.1 Å². The van der Waals surface area contributed by atoms with E-state index in [1.807, 2.05) is 43.2 Å². The molecule has 780 valence electrons. The Hall–Kier alpha value is -14.9. The molecule has 4 aliphatic heterocycles. The highest BCUT2D eigenvalue weighted by Crippen LogP contribution is 2.36. The summed E-state index contributed by atoms with van der Waals surface area (Å²) in [5.74, 6) is -3.79. The van der Waals surface area contributed by atoms with Crippen LogP contribution in [0, 0.1) is 0 Å². The number of aromatic hydroxyl groups is 1. The lowest BCUT2D eigenvalue weighted by Crippen LogP contribution is -2.43. The SMILES string of the molecule is CNc1ccc2c(=O)n(-c3ccc(NC(=O)NS(=O)(=O)c4ccc(Cl)s4)cn3)cc(C(N)=O)c2c1.NC(=O)c1c(O)c2ccccc2c(=O)n1-c1ccc(NC(=O)NS(=O)(=O)c2ccc(Cl)s2)cn1.O=C(Nc1ccc(N2C(=O)Cc3cc(NCCCN4CCCC4)ccc3C2=O)nc1)NS(=O)(=O)c1ccc(Cl)s1.O=C(Nc1ccc(N2C(=O)Cc3cc(NCCCN4CCCCC4)ccc3C2=O)nc1)NS(=O)(=O)c1ccc(Cl)s1. The van der Waals surface area contributed by atoms with Gasteiger partial charge in [0.05, 0.1) is 88.7 Å². The molecule has 14 amide bonds. The zero-order valence-corrected chi connectivity index (χ0v) is 87.7. The Balaban J connectivity index is 0.000000150. The van der Waals surface area contributed by atoms with Crippen molar-refractivity contribution in [2.45, 2.75) is 74.6 Å². The largest absolute Gasteiger partial charge is 0.505 e. The molecular weight excluding hydrogens is 2190 g/mol. The van der Waals surface area contributed by atoms with Crippen molar-refractivity contribution >= 4 is 264 Å². The van der Waals surface area contributed by atoms with E-state index in [4.69, 9.17) is 57.9 Å². The summed E-state index contributed by atoms with van der Waals surface area (Å²) in [5, 5.41) is 30.6. The number of imide groups is 2. The number of rotatable bonds is 29. The predicted octanol–water partition coefficient (Wildman–Crippen LogP) is 13.4. The highest BCUT2D eigenvalue weighted by Gasteiger charge is 2.37. The topological polar surface area (TPSA) is 620 Å². The molecule has 4 aromatic carbocycles. The summed E-state index contributed by atoms with van der Waals surface area (Å²) in [5.41, 5.74) is 14.7. The van der Waals surface area contributed by atoms with Gasteiger partial charge in [-0.3, -0.25) is 47.5 Å². The second kappa shape index (κ2) is 47.7. The molecule has 2 fully saturated rings. The number of amides is 14. The lowest BCUT2D eigenvalue weighted by molar-refractivity contribution is -0.118. The highest BCUT2D eigenvalue weighted by atomic mass is 35.5. The number of fused-ring (bicyclic) bond motifs is 4. The first kappa shape index (κ1) is 109. The number of halogens is 4. The summed E-state index contributed by atoms with van der Waals surface area (Å²) in [4.78, 5) is 175. The summed E-state index contributed by atoms with van der Waals surface area (Å²) in [6.07, 6.45) is 14.6. The van der Waals surface area contributed by atoms with Gasteiger partial charge in [0.2, 0.25) is 11.8 Å². The molecule has 18 rings (SSSR count). The molecule has 0 bridgehead atoms. The zero-order chi connectivity index (χ0) is 107. The van der Waals surface area contributed by atoms with Crippen molar-refractivity contribution < 1.29 is 86.7 Å². The zero-order valence-electron chi connectivity index (χ0n) is 78.2. The highest BCUT2D eigenvalue weighted by molar-refractivity contribution is 7.93. The normalized spacial score (nSPS) is 13.7. The number of piperidine rings is 1. The predicted molar refractivity (Wildman–Crippen MR) is 572 cm³/mol. The van der Waals surface area contributed by atoms with Gasteiger partial charge < -0.3 is 63.6 Å². The van der Waals surface area contributed by atoms with Gasteiger partial charge in [-0.1, -0.05) is 71.0 Å². The number of aromatic nitrogens is 6. The van der Waals surface area contributed by atoms with Crippen molar-refractivity contribution in [2.75, 3.05) is 106 Å². The number of sulfonamides is 4. The minimum absolute atomic E-state index is 0.0407. The first-order valence-electron chi connectivity index (χ1n) is 45.0. The Bertz CT molecular complexity index is 8240. The van der Waals surface area contributed by atoms with E-state index in [1.165, 1.54) is 192 Å². The quantitative estimate of drug-likeness (QED) is 0.0153. The maximum absolute atomic E-state index is 13.2. The van der Waals surface area contributed by atoms with Crippen molar-refractivity contribution in [1.82, 2.24) is 57.8 Å². The Morgan fingerprint density at radius 2 is 0.747 bits per heavy atom. The van der Waals surface area contributed by atoms with E-state index < -0.39 is 122 Å². The summed E-state index contributed by atoms with van der Waals surface area (Å²) in [7, 11) is -14.7. The van der Waals surface area contributed by atoms with Gasteiger partial charge in [-0.25, -0.2) is 101 Å². The lowest BCUT2D eigenvalue weighted by atomic mass is 9.97. The average Bonchev–Trinajstić information content (AvgIpc) is 1.03. The number of thiophene rings is 4. The Morgan fingerprint density at radius 3 is 1.10 bits per heavy atom. The molecule has 0 radical (unpaired) electrons. The first-order chi connectivity index (χ1) is 71.5. The number of hydrogen-bond donors (Lipinski definition) is 14. The molecule has 10 aromatic heterocycles. The fourth-order valence-corrected chi connectivity index (χ4v) is 25.5. The van der Waals surface area contributed by atoms with Crippen LogP contribution in [0.15, 0.2) is 233 Å². The second-order valence-electron chi connectivity index (χ2n) is 33.1. The van der Waals surface area contributed by atoms with E-state index >= 15 is 0 Å². The molecule has 4 aliphatic rings. The van der Waals surface area contributed by atoms with Crippen molar-refractivity contribution in [3.05, 3.63) is 278 Å². The van der Waals surface area contributed by atoms with Crippen LogP contribution in [0.3, 0.4) is 0 Å². The summed E-state index contributed by atoms with van der Waals surface area (Å²) in [6.45, 7) is 8.39. The molecular formula is C94H87Cl4N23O21S8. The number of nitrogens with one attached hydrogen (secondary N) is 11. The number of carbonyl (C=O) groups is 10. The number of primary amides is 2. The molecule has 14 aromatic rings. The Kier molecular flexibility index (Phi) is 34.8. The number of nitrogens with zero attached hydrogens (tertiary/aromatic N) is 10. The fraction of sp³-hybridized carbons (Fsp3) is 0.191. The van der Waals surface area contributed by atoms with Crippen LogP contribution in [-0.2, 0) is 62.5 Å². The molecule has 14 heterocycles. The number of pyridine rings is 6. The summed E-state index contributed by atoms with van der Waals surface area (Å²) >= 11 is 26.2. The van der Waals surface area contributed by atoms with Crippen LogP contribution >= 0.6 is 91.8 Å². The smallest absolute Gasteiger partial charge is 0.333 e. The molecule has 0 unspecified atom stereocenters. The fourth-order valence-electron chi connectivity index (χ4n) is 15.9. The monoisotopic (exact) mass is 2270 g/mol. The molecule has 0 spiro atoms. The van der Waals surface area contributed by atoms with Gasteiger partial charge >= 0.3 is 24.1 Å². The molecule has 16 N–H and O–H groups in total. The van der Waals surface area contributed by atoms with Crippen LogP contribution in [0.25, 0.3) is 33.2 Å². The molecule has 44 nitrogen and oxygen atoms in total. The number of benzene rings is 4. The van der Waals surface area contributed by atoms with Crippen molar-refractivity contribution in [3.8, 4) is 17.4 Å². The molecule has 0 atom stereocenters. The number of likely N-dealkylation sites (tertiary alicyclic amines) is 2. The maximum atomic E-state index is 13.2. The van der Waals surface area contributed by atoms with Crippen molar-refractivity contribution in [2.24, 2.45) is 11.5 Å². The van der Waals surface area contributed by atoms with Crippen LogP contribution in [0.4, 0.5) is 70.6 Å². The minimum atomic E-state index is -4.13. The van der Waals surface area contributed by atoms with Crippen LogP contribution in [-0.4, -0.2) is 197 Å². The van der Waals surface area contributed by atoms with Gasteiger partial charge in [0, 0.05) is 70.7 Å². The van der Waals surface area contributed by atoms with Crippen LogP contribution in [0.1, 0.15) is 97.6 Å². The lowest BCUT2D eigenvalue weighted by Gasteiger charge is -2.27. The van der Waals surface area contributed by atoms with E-state index in [2.05, 4.69) is 67.0 Å². The second-order valence-corrected chi connectivity index (χ2v) is 47.6. The van der Waals surface area contributed by atoms with Crippen LogP contribution in [0.5, 0.6) is 5.75 Å². The number of anilines is 9. The number of carbonyl (C=O) groups excluding carboxylic acids is 10. The van der Waals surface area contributed by atoms with Gasteiger partial charge in [0.15, 0.2) is 11.4 Å². The van der Waals surface area contributed by atoms with Crippen LogP contribution in [0.2, 0.25) is 17.3 Å². The van der Waals surface area contributed by atoms with Crippen molar-refractivity contribution in [3.63, 3.8) is 0 Å². The molecule has 56 heteroatoms. The van der Waals surface area contributed by atoms with E-state index in [1.54, 1.807) is 49.5 Å². The third-order valence-corrected chi connectivity index (χ3v) is 35.1. The third-order valence-electron chi connectivity index (χ3n) is 22.9. The van der Waals surface area contributed by atoms with Gasteiger partial charge in [-0.2, -0.15) is 0 Å². The third kappa shape index (κ3) is 26.8. The maximum Gasteiger partial charge on any atom is 0.333 e. The van der Waals surface area contributed by atoms with E-state index in [0.29, 0.717) is 33.3 Å². The molecule has 2 saturated heterocycles. The standard InChI is InChI=1S/C27H29ClN6O5S2.C26H27ClN6O5S2.C21H17ClN6O5S2.C20H14ClN5O6S2/c28-22-8-10-25(40-22)41(38,39)32-27(37)31-20-6-9-23(30-17-20)34-24(35)16-18-15-19(5-7-21(18)26(34)36)29-11-4-14-33-12-2-1-3-13-33;27-21-7-9-24(39-21)40(37,38)31-26(36)30-19-5-8-22(29-16-19)33-23(34)15-17-14-18(4-6-20(17)25(33)35)28-10-3-13-32-11-1-2-12-32;1-24-11-2-4-13-14(8-11)15(19(23)29)10-28(20(13)30)17-6-3-12(9-25-17)26-21(31)27-35(32,33)18-7-5-16(22)34-18;21-13-6-8-15(33-13)34(31,32)25-20(30)24-10-5-7-14(23-9-10)26-16(18(22)28)17(27)11-3-1-2-4-12(11)19(26)29/h5-10,15,17,29H,1-4,11-14,16H2,(H2,31,32,37);4-9,14,16,28H,1-3,10-13,15H2,(H2,30,31,36);2-10,24H,1H3,(H2,23,29)(H2,26,27,31);1-9,27H,(H2,22,28)(H2,24,25,30). The number of urea groups is 4. The number of nitrogens with two attached hydrogens (primary N) is 2. The Morgan fingerprint density at radius 1 is 0.393 bits per heavy atom. The van der Waals surface area contributed by atoms with Crippen molar-refractivity contribution in [1.29, 1.82) is 0 Å². The van der Waals surface area contributed by atoms with Gasteiger partial charge in [0.25, 0.3) is 74.8 Å². The average molecular weight is 2270 g/mol. The van der Waals surface area contributed by atoms with E-state index in [9.17, 15) is 96.3 Å². The van der Waals surface area contributed by atoms with E-state index in [-0.39, 0.29) is 115 Å². The van der Waals surface area contributed by atoms with Gasteiger partial charge in [-0.15, -0.1) is 45.3 Å². The molecule has 150 heavy (non-hydrogen) atoms. The van der Waals surface area contributed by atoms with E-state index in [0.717, 1.165) is 121 Å². The summed E-state index contributed by atoms with van der Waals surface area (Å²) in [6, 6.07) is 39.6. The van der Waals surface area contributed by atoms with Crippen LogP contribution < -0.4 is 88.5 Å². The van der Waals surface area contributed by atoms with Gasteiger partial charge in [-0.05, 0) is 247 Å². The summed E-state index contributed by atoms with van der Waals surface area (Å²) < 4.78 is 108. The minimum Gasteiger partial charge on any atom is -0.505 e. The molecule has 0 aliphatic carbocycles. The Labute approximate surface area is 890 Å². The number of hydrogen-bond acceptors (Lipinski definition) is 34.